The van der Waals surface area contributed by atoms with Crippen LogP contribution in [0.3, 0.4) is 0 Å². The second-order valence-electron chi connectivity index (χ2n) is 4.25. The number of ether oxygens (including phenoxy) is 2. The molecule has 0 heterocycles. The minimum absolute atomic E-state index is 0.000229. The fraction of sp³-hybridized carbons (Fsp3) is 0.188. The first-order valence-electron chi connectivity index (χ1n) is 6.28. The molecule has 0 aliphatic carbocycles. The molecule has 0 spiro atoms. The van der Waals surface area contributed by atoms with Crippen molar-refractivity contribution in [3.8, 4) is 22.6 Å². The van der Waals surface area contributed by atoms with Gasteiger partial charge in [0.25, 0.3) is 0 Å². The van der Waals surface area contributed by atoms with E-state index in [9.17, 15) is 4.79 Å². The van der Waals surface area contributed by atoms with Crippen molar-refractivity contribution in [2.75, 3.05) is 13.7 Å². The van der Waals surface area contributed by atoms with Crippen LogP contribution in [-0.4, -0.2) is 24.8 Å². The number of benzene rings is 2. The summed E-state index contributed by atoms with van der Waals surface area (Å²) in [4.78, 5) is 10.4. The molecule has 0 atom stereocenters. The molecule has 2 aromatic rings. The number of carbonyl (C=O) groups is 1. The fourth-order valence-corrected chi connectivity index (χ4v) is 1.78. The third-order valence-electron chi connectivity index (χ3n) is 2.86. The lowest BCUT2D eigenvalue weighted by Crippen LogP contribution is -2.04. The van der Waals surface area contributed by atoms with Crippen molar-refractivity contribution in [3.63, 3.8) is 0 Å². The zero-order valence-electron chi connectivity index (χ0n) is 11.2. The average molecular weight is 272 g/mol. The summed E-state index contributed by atoms with van der Waals surface area (Å²) in [5.74, 6) is 0.630. The number of carboxylic acid groups (broad SMARTS) is 1. The quantitative estimate of drug-likeness (QED) is 0.877. The van der Waals surface area contributed by atoms with Crippen LogP contribution >= 0.6 is 0 Å². The molecular weight excluding hydrogens is 256 g/mol. The Hall–Kier alpha value is -2.49. The fourth-order valence-electron chi connectivity index (χ4n) is 1.78. The minimum atomic E-state index is -0.861. The van der Waals surface area contributed by atoms with Gasteiger partial charge in [-0.25, -0.2) is 0 Å². The van der Waals surface area contributed by atoms with Crippen LogP contribution in [0.2, 0.25) is 0 Å². The summed E-state index contributed by atoms with van der Waals surface area (Å²) in [6.45, 7) is 0.178. The van der Waals surface area contributed by atoms with Gasteiger partial charge in [-0.1, -0.05) is 24.3 Å². The Balaban J connectivity index is 2.01. The third kappa shape index (κ3) is 3.75. The van der Waals surface area contributed by atoms with E-state index in [0.29, 0.717) is 5.75 Å². The molecule has 104 valence electrons. The van der Waals surface area contributed by atoms with Crippen molar-refractivity contribution in [1.29, 1.82) is 0 Å². The summed E-state index contributed by atoms with van der Waals surface area (Å²) in [6, 6.07) is 15.3. The number of methoxy groups -OCH3 is 1. The Bertz CT molecular complexity index is 558. The number of hydrogen-bond acceptors (Lipinski definition) is 3. The normalized spacial score (nSPS) is 10.1. The lowest BCUT2D eigenvalue weighted by Gasteiger charge is -2.07. The first-order valence-corrected chi connectivity index (χ1v) is 6.28. The summed E-state index contributed by atoms with van der Waals surface area (Å²) in [5, 5.41) is 8.54. The minimum Gasteiger partial charge on any atom is -0.497 e. The summed E-state index contributed by atoms with van der Waals surface area (Å²) >= 11 is 0. The Morgan fingerprint density at radius 3 is 1.90 bits per heavy atom. The average Bonchev–Trinajstić information content (AvgIpc) is 2.48. The lowest BCUT2D eigenvalue weighted by molar-refractivity contribution is -0.137. The van der Waals surface area contributed by atoms with Gasteiger partial charge >= 0.3 is 5.97 Å². The molecule has 2 aromatic carbocycles. The first kappa shape index (κ1) is 13.9. The zero-order valence-corrected chi connectivity index (χ0v) is 11.2. The molecular formula is C16H16O4. The molecule has 0 saturated heterocycles. The Morgan fingerprint density at radius 1 is 0.950 bits per heavy atom. The predicted molar refractivity (Wildman–Crippen MR) is 76.2 cm³/mol. The monoisotopic (exact) mass is 272 g/mol. The van der Waals surface area contributed by atoms with Gasteiger partial charge in [0.2, 0.25) is 0 Å². The number of aliphatic carboxylic acids is 1. The highest BCUT2D eigenvalue weighted by atomic mass is 16.5. The SMILES string of the molecule is COc1ccc(-c2ccc(OCCC(=O)O)cc2)cc1. The van der Waals surface area contributed by atoms with Crippen LogP contribution in [0.1, 0.15) is 6.42 Å². The maximum Gasteiger partial charge on any atom is 0.306 e. The van der Waals surface area contributed by atoms with E-state index >= 15 is 0 Å². The van der Waals surface area contributed by atoms with E-state index in [0.717, 1.165) is 16.9 Å². The highest BCUT2D eigenvalue weighted by Gasteiger charge is 2.01. The van der Waals surface area contributed by atoms with Crippen molar-refractivity contribution in [1.82, 2.24) is 0 Å². The molecule has 0 aliphatic heterocycles. The van der Waals surface area contributed by atoms with E-state index in [-0.39, 0.29) is 13.0 Å². The van der Waals surface area contributed by atoms with Gasteiger partial charge in [-0.05, 0) is 35.4 Å². The topological polar surface area (TPSA) is 55.8 Å². The van der Waals surface area contributed by atoms with E-state index in [4.69, 9.17) is 14.6 Å². The molecule has 2 rings (SSSR count). The third-order valence-corrected chi connectivity index (χ3v) is 2.86. The van der Waals surface area contributed by atoms with Crippen molar-refractivity contribution >= 4 is 5.97 Å². The van der Waals surface area contributed by atoms with E-state index in [1.807, 2.05) is 48.5 Å². The maximum absolute atomic E-state index is 10.4. The molecule has 0 unspecified atom stereocenters. The molecule has 20 heavy (non-hydrogen) atoms. The molecule has 0 amide bonds. The van der Waals surface area contributed by atoms with E-state index < -0.39 is 5.97 Å². The second kappa shape index (κ2) is 6.61. The van der Waals surface area contributed by atoms with Gasteiger partial charge in [0.1, 0.15) is 11.5 Å². The second-order valence-corrected chi connectivity index (χ2v) is 4.25. The molecule has 0 radical (unpaired) electrons. The Labute approximate surface area is 117 Å². The highest BCUT2D eigenvalue weighted by molar-refractivity contribution is 5.67. The van der Waals surface area contributed by atoms with Gasteiger partial charge in [-0.3, -0.25) is 4.79 Å². The molecule has 0 fully saturated rings. The van der Waals surface area contributed by atoms with Gasteiger partial charge in [0.15, 0.2) is 0 Å². The molecule has 0 saturated carbocycles. The maximum atomic E-state index is 10.4. The van der Waals surface area contributed by atoms with Gasteiger partial charge in [-0.2, -0.15) is 0 Å². The highest BCUT2D eigenvalue weighted by Crippen LogP contribution is 2.24. The standard InChI is InChI=1S/C16H16O4/c1-19-14-6-2-12(3-7-14)13-4-8-15(9-5-13)20-11-10-16(17)18/h2-9H,10-11H2,1H3,(H,17,18). The summed E-state index contributed by atoms with van der Waals surface area (Å²) in [6.07, 6.45) is 0.000229. The van der Waals surface area contributed by atoms with E-state index in [1.54, 1.807) is 7.11 Å². The van der Waals surface area contributed by atoms with Gasteiger partial charge in [-0.15, -0.1) is 0 Å². The van der Waals surface area contributed by atoms with Crippen LogP contribution < -0.4 is 9.47 Å². The van der Waals surface area contributed by atoms with E-state index in [2.05, 4.69) is 0 Å². The predicted octanol–water partition coefficient (Wildman–Crippen LogP) is 3.22. The van der Waals surface area contributed by atoms with E-state index in [1.165, 1.54) is 0 Å². The largest absolute Gasteiger partial charge is 0.497 e. The molecule has 1 N–H and O–H groups in total. The van der Waals surface area contributed by atoms with Gasteiger partial charge in [0.05, 0.1) is 20.1 Å². The van der Waals surface area contributed by atoms with Crippen molar-refractivity contribution < 1.29 is 19.4 Å². The first-order chi connectivity index (χ1) is 9.69. The van der Waals surface area contributed by atoms with Crippen LogP contribution in [-0.2, 0) is 4.79 Å². The molecule has 4 nitrogen and oxygen atoms in total. The number of hydrogen-bond donors (Lipinski definition) is 1. The van der Waals surface area contributed by atoms with Crippen molar-refractivity contribution in [2.24, 2.45) is 0 Å². The summed E-state index contributed by atoms with van der Waals surface area (Å²) in [7, 11) is 1.64. The molecule has 0 aromatic heterocycles. The molecule has 0 bridgehead atoms. The number of carboxylic acids is 1. The van der Waals surface area contributed by atoms with Crippen LogP contribution in [0, 0.1) is 0 Å². The Morgan fingerprint density at radius 2 is 1.45 bits per heavy atom. The smallest absolute Gasteiger partial charge is 0.306 e. The number of rotatable bonds is 6. The molecule has 4 heteroatoms. The molecule has 0 aliphatic rings. The van der Waals surface area contributed by atoms with Crippen molar-refractivity contribution in [3.05, 3.63) is 48.5 Å². The van der Waals surface area contributed by atoms with Crippen LogP contribution in [0.25, 0.3) is 11.1 Å². The van der Waals surface area contributed by atoms with Crippen LogP contribution in [0.5, 0.6) is 11.5 Å². The van der Waals surface area contributed by atoms with Crippen molar-refractivity contribution in [2.45, 2.75) is 6.42 Å². The summed E-state index contributed by atoms with van der Waals surface area (Å²) in [5.41, 5.74) is 2.15. The van der Waals surface area contributed by atoms with Gasteiger partial charge < -0.3 is 14.6 Å². The lowest BCUT2D eigenvalue weighted by atomic mass is 10.1. The zero-order chi connectivity index (χ0) is 14.4. The van der Waals surface area contributed by atoms with Crippen LogP contribution in [0.15, 0.2) is 48.5 Å². The Kier molecular flexibility index (Phi) is 4.60. The van der Waals surface area contributed by atoms with Gasteiger partial charge in [0, 0.05) is 0 Å². The van der Waals surface area contributed by atoms with Crippen LogP contribution in [0.4, 0.5) is 0 Å². The summed E-state index contributed by atoms with van der Waals surface area (Å²) < 4.78 is 10.5.